The Morgan fingerprint density at radius 3 is 2.55 bits per heavy atom. The molecule has 4 unspecified atom stereocenters. The van der Waals surface area contributed by atoms with Gasteiger partial charge in [0.15, 0.2) is 6.17 Å². The van der Waals surface area contributed by atoms with Crippen LogP contribution in [0, 0.1) is 5.92 Å². The van der Waals surface area contributed by atoms with Gasteiger partial charge in [0.1, 0.15) is 0 Å². The van der Waals surface area contributed by atoms with Crippen LogP contribution in [0.5, 0.6) is 0 Å². The van der Waals surface area contributed by atoms with E-state index in [0.29, 0.717) is 30.4 Å². The van der Waals surface area contributed by atoms with E-state index in [2.05, 4.69) is 4.98 Å². The number of H-pyrrole nitrogens is 1. The lowest BCUT2D eigenvalue weighted by atomic mass is 9.93. The third-order valence-corrected chi connectivity index (χ3v) is 6.44. The molecule has 2 fully saturated rings. The minimum Gasteiger partial charge on any atom is -0.399 e. The second kappa shape index (κ2) is 7.32. The summed E-state index contributed by atoms with van der Waals surface area (Å²) in [5.41, 5.74) is 11.2. The van der Waals surface area contributed by atoms with Crippen LogP contribution in [-0.4, -0.2) is 52.2 Å². The van der Waals surface area contributed by atoms with Crippen LogP contribution in [0.25, 0.3) is 11.3 Å². The first-order valence-electron chi connectivity index (χ1n) is 9.97. The molecule has 2 aliphatic carbocycles. The number of aromatic nitrogens is 2. The second-order valence-corrected chi connectivity index (χ2v) is 8.40. The van der Waals surface area contributed by atoms with Gasteiger partial charge in [-0.1, -0.05) is 0 Å². The van der Waals surface area contributed by atoms with Gasteiger partial charge in [0.25, 0.3) is 5.56 Å². The number of rotatable bonds is 5. The van der Waals surface area contributed by atoms with Crippen molar-refractivity contribution in [3.8, 4) is 0 Å². The molecule has 1 aliphatic heterocycles. The monoisotopic (exact) mass is 413 g/mol. The van der Waals surface area contributed by atoms with E-state index in [0.717, 1.165) is 12.8 Å². The number of nitrogens with two attached hydrogens (primary N) is 2. The van der Waals surface area contributed by atoms with Gasteiger partial charge in [0.2, 0.25) is 6.43 Å². The predicted molar refractivity (Wildman–Crippen MR) is 102 cm³/mol. The maximum atomic E-state index is 15.4. The number of fused-ring (bicyclic) bond motifs is 1. The molecule has 7 nitrogen and oxygen atoms in total. The number of nitrogens with zero attached hydrogens (tertiary/aromatic N) is 2. The summed E-state index contributed by atoms with van der Waals surface area (Å²) in [6.07, 6.45) is -2.29. The fourth-order valence-electron chi connectivity index (χ4n) is 4.83. The number of likely N-dealkylation sites (tertiary alicyclic amines) is 1. The topological polar surface area (TPSA) is 110 Å². The Bertz CT molecular complexity index is 1050. The van der Waals surface area contributed by atoms with Gasteiger partial charge in [0, 0.05) is 25.0 Å². The quantitative estimate of drug-likeness (QED) is 0.582. The van der Waals surface area contributed by atoms with Crippen molar-refractivity contribution in [3.05, 3.63) is 31.4 Å². The molecule has 5 N–H and O–H groups in total. The van der Waals surface area contributed by atoms with Crippen molar-refractivity contribution in [1.29, 1.82) is 0 Å². The second-order valence-electron chi connectivity index (χ2n) is 8.40. The number of hydrogen-bond acceptors (Lipinski definition) is 5. The maximum absolute atomic E-state index is 15.4. The molecule has 0 spiro atoms. The lowest BCUT2D eigenvalue weighted by Crippen LogP contribution is -2.62. The van der Waals surface area contributed by atoms with Gasteiger partial charge < -0.3 is 11.5 Å². The number of aromatic amines is 1. The van der Waals surface area contributed by atoms with Crippen molar-refractivity contribution in [2.24, 2.45) is 17.4 Å². The normalized spacial score (nSPS) is 28.8. The van der Waals surface area contributed by atoms with Crippen LogP contribution >= 0.6 is 0 Å². The number of nitrogens with one attached hydrogen (secondary N) is 1. The first-order valence-corrected chi connectivity index (χ1v) is 9.97. The molecule has 3 aliphatic rings. The Kier molecular flexibility index (Phi) is 5.10. The van der Waals surface area contributed by atoms with E-state index >= 15 is 4.39 Å². The van der Waals surface area contributed by atoms with Gasteiger partial charge in [-0.15, -0.1) is 0 Å². The molecular formula is C19H26F3N5O2. The molecular weight excluding hydrogens is 387 g/mol. The van der Waals surface area contributed by atoms with Crippen molar-refractivity contribution in [2.45, 2.75) is 63.3 Å². The standard InChI is InChI=1S/C19H26F3N5O2/c1-8-16-13(18(28)25-19(29)27(16)10-2-3-10)15(24)14(22)17(8)26-5-4-9(7-26)11(23)6-12(20)21/h9-12,14,17H,2-7,23-24H2,1H3,(H,25,28,29). The molecule has 1 aromatic rings. The van der Waals surface area contributed by atoms with E-state index in [4.69, 9.17) is 11.5 Å². The molecule has 1 saturated heterocycles. The van der Waals surface area contributed by atoms with Crippen molar-refractivity contribution in [3.63, 3.8) is 0 Å². The van der Waals surface area contributed by atoms with E-state index in [1.165, 1.54) is 4.57 Å². The third kappa shape index (κ3) is 3.42. The van der Waals surface area contributed by atoms with Crippen LogP contribution in [0.3, 0.4) is 0 Å². The highest BCUT2D eigenvalue weighted by Gasteiger charge is 2.41. The minimum absolute atomic E-state index is 0.0292. The first kappa shape index (κ1) is 20.2. The molecule has 1 aromatic heterocycles. The first-order chi connectivity index (χ1) is 13.7. The molecule has 4 atom stereocenters. The number of alkyl halides is 3. The van der Waals surface area contributed by atoms with Gasteiger partial charge in [-0.2, -0.15) is 0 Å². The van der Waals surface area contributed by atoms with Crippen molar-refractivity contribution < 1.29 is 13.2 Å². The lowest BCUT2D eigenvalue weighted by Gasteiger charge is -2.34. The smallest absolute Gasteiger partial charge is 0.329 e. The molecule has 1 saturated carbocycles. The average molecular weight is 413 g/mol. The number of halogens is 3. The van der Waals surface area contributed by atoms with Crippen molar-refractivity contribution in [2.75, 3.05) is 13.1 Å². The van der Waals surface area contributed by atoms with E-state index < -0.39 is 42.4 Å². The molecule has 2 heterocycles. The van der Waals surface area contributed by atoms with Gasteiger partial charge in [-0.05, 0) is 44.2 Å². The predicted octanol–water partition coefficient (Wildman–Crippen LogP) is -0.866. The fraction of sp³-hybridized carbons (Fsp3) is 0.684. The van der Waals surface area contributed by atoms with Crippen LogP contribution in [-0.2, 0) is 0 Å². The number of hydrogen-bond donors (Lipinski definition) is 3. The Hall–Kier alpha value is -2.07. The maximum Gasteiger partial charge on any atom is 0.329 e. The largest absolute Gasteiger partial charge is 0.399 e. The van der Waals surface area contributed by atoms with E-state index in [-0.39, 0.29) is 22.9 Å². The summed E-state index contributed by atoms with van der Waals surface area (Å²) < 4.78 is 42.3. The zero-order valence-electron chi connectivity index (χ0n) is 16.2. The van der Waals surface area contributed by atoms with Gasteiger partial charge >= 0.3 is 5.69 Å². The van der Waals surface area contributed by atoms with Gasteiger partial charge in [-0.25, -0.2) is 18.0 Å². The summed E-state index contributed by atoms with van der Waals surface area (Å²) in [6, 6.07) is -1.45. The molecule has 160 valence electrons. The summed E-state index contributed by atoms with van der Waals surface area (Å²) in [5, 5.41) is 0.431. The Morgan fingerprint density at radius 2 is 1.93 bits per heavy atom. The van der Waals surface area contributed by atoms with Crippen LogP contribution in [0.15, 0.2) is 9.59 Å². The van der Waals surface area contributed by atoms with Crippen LogP contribution in [0.1, 0.15) is 38.6 Å². The molecule has 0 amide bonds. The highest BCUT2D eigenvalue weighted by molar-refractivity contribution is 5.62. The summed E-state index contributed by atoms with van der Waals surface area (Å²) in [6.45, 7) is 2.58. The Morgan fingerprint density at radius 1 is 1.24 bits per heavy atom. The average Bonchev–Trinajstić information content (AvgIpc) is 3.35. The molecule has 29 heavy (non-hydrogen) atoms. The zero-order valence-corrected chi connectivity index (χ0v) is 16.2. The highest BCUT2D eigenvalue weighted by Crippen LogP contribution is 2.33. The minimum atomic E-state index is -2.48. The lowest BCUT2D eigenvalue weighted by molar-refractivity contribution is 0.116. The van der Waals surface area contributed by atoms with Crippen LogP contribution in [0.2, 0.25) is 0 Å². The summed E-state index contributed by atoms with van der Waals surface area (Å²) >= 11 is 0. The SMILES string of the molecule is CC1=c2c(c(=O)[nH]c(=O)n2C2CC2)=C(N)C(F)C1N1CCC(C(N)CC(F)F)C1. The Labute approximate surface area is 164 Å². The van der Waals surface area contributed by atoms with Crippen LogP contribution in [0.4, 0.5) is 13.2 Å². The summed E-state index contributed by atoms with van der Waals surface area (Å²) in [4.78, 5) is 29.0. The fourth-order valence-corrected chi connectivity index (χ4v) is 4.83. The molecule has 0 aromatic carbocycles. The Balaban J connectivity index is 1.77. The molecule has 0 bridgehead atoms. The van der Waals surface area contributed by atoms with E-state index in [1.807, 2.05) is 4.90 Å². The van der Waals surface area contributed by atoms with Crippen LogP contribution < -0.4 is 33.3 Å². The van der Waals surface area contributed by atoms with Crippen molar-refractivity contribution in [1.82, 2.24) is 14.5 Å². The molecule has 0 radical (unpaired) electrons. The van der Waals surface area contributed by atoms with Gasteiger partial charge in [0.05, 0.1) is 22.3 Å². The summed E-state index contributed by atoms with van der Waals surface area (Å²) in [5.74, 6) is -0.170. The van der Waals surface area contributed by atoms with E-state index in [1.54, 1.807) is 6.92 Å². The van der Waals surface area contributed by atoms with Gasteiger partial charge in [-0.3, -0.25) is 19.2 Å². The highest BCUT2D eigenvalue weighted by atomic mass is 19.3. The molecule has 10 heteroatoms. The zero-order chi connectivity index (χ0) is 21.0. The van der Waals surface area contributed by atoms with Crippen molar-refractivity contribution >= 4 is 11.3 Å². The summed E-state index contributed by atoms with van der Waals surface area (Å²) in [7, 11) is 0. The van der Waals surface area contributed by atoms with E-state index in [9.17, 15) is 18.4 Å². The molecule has 4 rings (SSSR count). The third-order valence-electron chi connectivity index (χ3n) is 6.44.